The Morgan fingerprint density at radius 2 is 1.89 bits per heavy atom. The van der Waals surface area contributed by atoms with E-state index in [4.69, 9.17) is 5.11 Å². The molecule has 0 fully saturated rings. The summed E-state index contributed by atoms with van der Waals surface area (Å²) >= 11 is 4.46. The molecule has 1 amide bonds. The van der Waals surface area contributed by atoms with E-state index in [1.54, 1.807) is 12.1 Å². The lowest BCUT2D eigenvalue weighted by Gasteiger charge is -2.15. The molecule has 0 heterocycles. The highest BCUT2D eigenvalue weighted by atomic mass is 79.9. The number of carboxylic acid groups (broad SMARTS) is 1. The van der Waals surface area contributed by atoms with Gasteiger partial charge in [0, 0.05) is 10.2 Å². The first-order valence-corrected chi connectivity index (χ1v) is 7.64. The smallest absolute Gasteiger partial charge is 0.316 e. The summed E-state index contributed by atoms with van der Waals surface area (Å²) in [7, 11) is 0. The largest absolute Gasteiger partial charge is 0.480 e. The number of halogens is 1. The Morgan fingerprint density at radius 1 is 1.32 bits per heavy atom. The number of aliphatic carboxylic acids is 1. The van der Waals surface area contributed by atoms with Gasteiger partial charge in [-0.15, -0.1) is 11.8 Å². The van der Waals surface area contributed by atoms with Crippen LogP contribution < -0.4 is 5.32 Å². The number of nitrogens with one attached hydrogen (secondary N) is 1. The van der Waals surface area contributed by atoms with Crippen molar-refractivity contribution in [3.63, 3.8) is 0 Å². The summed E-state index contributed by atoms with van der Waals surface area (Å²) in [5.41, 5.74) is 0.699. The SMILES string of the molecule is CC(C)C(SCC(=O)Nc1ccc(Br)cc1)C(=O)O. The van der Waals surface area contributed by atoms with Crippen LogP contribution in [0.1, 0.15) is 13.8 Å². The normalized spacial score (nSPS) is 12.2. The molecule has 0 aliphatic rings. The zero-order chi connectivity index (χ0) is 14.4. The molecular weight excluding hydrogens is 330 g/mol. The van der Waals surface area contributed by atoms with Crippen molar-refractivity contribution in [3.05, 3.63) is 28.7 Å². The zero-order valence-corrected chi connectivity index (χ0v) is 13.1. The van der Waals surface area contributed by atoms with Gasteiger partial charge in [-0.1, -0.05) is 29.8 Å². The summed E-state index contributed by atoms with van der Waals surface area (Å²) in [6.07, 6.45) is 0. The Balaban J connectivity index is 2.47. The fraction of sp³-hybridized carbons (Fsp3) is 0.385. The van der Waals surface area contributed by atoms with Gasteiger partial charge in [-0.2, -0.15) is 0 Å². The summed E-state index contributed by atoms with van der Waals surface area (Å²) in [5, 5.41) is 11.2. The second-order valence-corrected chi connectivity index (χ2v) is 6.41. The van der Waals surface area contributed by atoms with Crippen LogP contribution in [0, 0.1) is 5.92 Å². The molecule has 6 heteroatoms. The van der Waals surface area contributed by atoms with E-state index < -0.39 is 11.2 Å². The third-order valence-corrected chi connectivity index (χ3v) is 4.43. The maximum atomic E-state index is 11.7. The highest BCUT2D eigenvalue weighted by Gasteiger charge is 2.22. The second-order valence-electron chi connectivity index (χ2n) is 4.37. The molecule has 0 saturated carbocycles. The molecular formula is C13H16BrNO3S. The standard InChI is InChI=1S/C13H16BrNO3S/c1-8(2)12(13(17)18)19-7-11(16)15-10-5-3-9(14)4-6-10/h3-6,8,12H,7H2,1-2H3,(H,15,16)(H,17,18). The molecule has 0 bridgehead atoms. The number of carboxylic acids is 1. The van der Waals surface area contributed by atoms with Crippen molar-refractivity contribution in [2.24, 2.45) is 5.92 Å². The molecule has 1 rings (SSSR count). The van der Waals surface area contributed by atoms with E-state index in [1.807, 2.05) is 26.0 Å². The van der Waals surface area contributed by atoms with E-state index in [1.165, 1.54) is 0 Å². The number of thioether (sulfide) groups is 1. The van der Waals surface area contributed by atoms with Crippen LogP contribution in [0.2, 0.25) is 0 Å². The molecule has 104 valence electrons. The summed E-state index contributed by atoms with van der Waals surface area (Å²) in [6, 6.07) is 7.22. The fourth-order valence-corrected chi connectivity index (χ4v) is 2.64. The van der Waals surface area contributed by atoms with Crippen LogP contribution in [-0.2, 0) is 9.59 Å². The molecule has 0 saturated heterocycles. The Bertz CT molecular complexity index is 448. The van der Waals surface area contributed by atoms with Gasteiger partial charge in [0.15, 0.2) is 0 Å². The van der Waals surface area contributed by atoms with Crippen molar-refractivity contribution in [1.82, 2.24) is 0 Å². The van der Waals surface area contributed by atoms with E-state index in [0.717, 1.165) is 16.2 Å². The molecule has 0 aromatic heterocycles. The topological polar surface area (TPSA) is 66.4 Å². The molecule has 0 aliphatic carbocycles. The summed E-state index contributed by atoms with van der Waals surface area (Å²) in [4.78, 5) is 22.7. The first kappa shape index (κ1) is 16.0. The average Bonchev–Trinajstić information content (AvgIpc) is 2.31. The average molecular weight is 346 g/mol. The van der Waals surface area contributed by atoms with E-state index >= 15 is 0 Å². The van der Waals surface area contributed by atoms with Crippen molar-refractivity contribution < 1.29 is 14.7 Å². The van der Waals surface area contributed by atoms with Gasteiger partial charge in [-0.05, 0) is 30.2 Å². The van der Waals surface area contributed by atoms with Gasteiger partial charge in [-0.25, -0.2) is 0 Å². The van der Waals surface area contributed by atoms with Crippen LogP contribution in [0.4, 0.5) is 5.69 Å². The first-order chi connectivity index (χ1) is 8.90. The Morgan fingerprint density at radius 3 is 2.37 bits per heavy atom. The van der Waals surface area contributed by atoms with Crippen molar-refractivity contribution in [1.29, 1.82) is 0 Å². The van der Waals surface area contributed by atoms with Gasteiger partial charge in [0.2, 0.25) is 5.91 Å². The maximum absolute atomic E-state index is 11.7. The van der Waals surface area contributed by atoms with Crippen molar-refractivity contribution >= 4 is 45.3 Å². The highest BCUT2D eigenvalue weighted by molar-refractivity contribution is 9.10. The van der Waals surface area contributed by atoms with Crippen LogP contribution in [0.5, 0.6) is 0 Å². The molecule has 19 heavy (non-hydrogen) atoms. The Labute approximate surface area is 125 Å². The van der Waals surface area contributed by atoms with Gasteiger partial charge in [0.25, 0.3) is 0 Å². The summed E-state index contributed by atoms with van der Waals surface area (Å²) < 4.78 is 0.936. The summed E-state index contributed by atoms with van der Waals surface area (Å²) in [6.45, 7) is 3.66. The van der Waals surface area contributed by atoms with Crippen molar-refractivity contribution in [3.8, 4) is 0 Å². The highest BCUT2D eigenvalue weighted by Crippen LogP contribution is 2.20. The summed E-state index contributed by atoms with van der Waals surface area (Å²) in [5.74, 6) is -0.954. The quantitative estimate of drug-likeness (QED) is 0.830. The van der Waals surface area contributed by atoms with Gasteiger partial charge < -0.3 is 10.4 Å². The van der Waals surface area contributed by atoms with E-state index in [-0.39, 0.29) is 17.6 Å². The third kappa shape index (κ3) is 5.65. The number of anilines is 1. The Hall–Kier alpha value is -1.01. The number of hydrogen-bond acceptors (Lipinski definition) is 3. The number of carbonyl (C=O) groups is 2. The second kappa shape index (κ2) is 7.55. The molecule has 0 spiro atoms. The van der Waals surface area contributed by atoms with Crippen LogP contribution in [-0.4, -0.2) is 28.0 Å². The van der Waals surface area contributed by atoms with E-state index in [2.05, 4.69) is 21.2 Å². The van der Waals surface area contributed by atoms with Crippen molar-refractivity contribution in [2.75, 3.05) is 11.1 Å². The predicted molar refractivity (Wildman–Crippen MR) is 81.5 cm³/mol. The molecule has 1 aromatic carbocycles. The number of rotatable bonds is 6. The van der Waals surface area contributed by atoms with E-state index in [0.29, 0.717) is 5.69 Å². The minimum absolute atomic E-state index is 0.0111. The Kier molecular flexibility index (Phi) is 6.37. The van der Waals surface area contributed by atoms with Gasteiger partial charge >= 0.3 is 5.97 Å². The first-order valence-electron chi connectivity index (χ1n) is 5.80. The monoisotopic (exact) mass is 345 g/mol. The van der Waals surface area contributed by atoms with Crippen molar-refractivity contribution in [2.45, 2.75) is 19.1 Å². The molecule has 0 radical (unpaired) electrons. The molecule has 1 aromatic rings. The predicted octanol–water partition coefficient (Wildman–Crippen LogP) is 3.23. The van der Waals surface area contributed by atoms with Crippen LogP contribution >= 0.6 is 27.7 Å². The number of amides is 1. The fourth-order valence-electron chi connectivity index (χ4n) is 1.44. The van der Waals surface area contributed by atoms with Gasteiger partial charge in [0.05, 0.1) is 5.75 Å². The van der Waals surface area contributed by atoms with Gasteiger partial charge in [-0.3, -0.25) is 9.59 Å². The lowest BCUT2D eigenvalue weighted by atomic mass is 10.1. The molecule has 4 nitrogen and oxygen atoms in total. The zero-order valence-electron chi connectivity index (χ0n) is 10.7. The minimum Gasteiger partial charge on any atom is -0.480 e. The number of hydrogen-bond donors (Lipinski definition) is 2. The molecule has 2 N–H and O–H groups in total. The molecule has 1 unspecified atom stereocenters. The number of benzene rings is 1. The van der Waals surface area contributed by atoms with Crippen LogP contribution in [0.15, 0.2) is 28.7 Å². The maximum Gasteiger partial charge on any atom is 0.316 e. The van der Waals surface area contributed by atoms with Crippen LogP contribution in [0.25, 0.3) is 0 Å². The third-order valence-electron chi connectivity index (χ3n) is 2.37. The minimum atomic E-state index is -0.878. The number of carbonyl (C=O) groups excluding carboxylic acids is 1. The molecule has 0 aliphatic heterocycles. The van der Waals surface area contributed by atoms with Crippen LogP contribution in [0.3, 0.4) is 0 Å². The van der Waals surface area contributed by atoms with E-state index in [9.17, 15) is 9.59 Å². The van der Waals surface area contributed by atoms with Gasteiger partial charge in [0.1, 0.15) is 5.25 Å². The lowest BCUT2D eigenvalue weighted by molar-refractivity contribution is -0.137. The lowest BCUT2D eigenvalue weighted by Crippen LogP contribution is -2.25. The molecule has 1 atom stereocenters.